The summed E-state index contributed by atoms with van der Waals surface area (Å²) in [5.74, 6) is -0.579. The van der Waals surface area contributed by atoms with Gasteiger partial charge in [-0.3, -0.25) is 0 Å². The minimum Gasteiger partial charge on any atom is -0.481 e. The molecule has 0 saturated carbocycles. The number of pyridine rings is 1. The molecule has 17 heavy (non-hydrogen) atoms. The molecular weight excluding hydrogens is 249 g/mol. The lowest BCUT2D eigenvalue weighted by atomic mass is 10.1. The maximum Gasteiger partial charge on any atom is 0.433 e. The third kappa shape index (κ3) is 2.82. The molecule has 1 heterocycles. The van der Waals surface area contributed by atoms with Crippen LogP contribution in [0, 0.1) is 0 Å². The second kappa shape index (κ2) is 4.82. The largest absolute Gasteiger partial charge is 0.481 e. The first-order valence-electron chi connectivity index (χ1n) is 4.35. The van der Waals surface area contributed by atoms with E-state index in [0.717, 1.165) is 7.11 Å². The molecule has 1 N–H and O–H groups in total. The molecule has 0 saturated heterocycles. The van der Waals surface area contributed by atoms with Crippen molar-refractivity contribution in [3.63, 3.8) is 0 Å². The van der Waals surface area contributed by atoms with Gasteiger partial charge >= 0.3 is 6.18 Å². The molecule has 0 fully saturated rings. The van der Waals surface area contributed by atoms with Gasteiger partial charge in [0, 0.05) is 17.2 Å². The zero-order valence-corrected chi connectivity index (χ0v) is 8.55. The average molecular weight is 257 g/mol. The summed E-state index contributed by atoms with van der Waals surface area (Å²) in [5.41, 5.74) is -3.44. The fraction of sp³-hybridized carbons (Fsp3) is 0.444. The molecule has 0 bridgehead atoms. The summed E-state index contributed by atoms with van der Waals surface area (Å²) in [6.45, 7) is -1.18. The van der Waals surface area contributed by atoms with Gasteiger partial charge in [0.25, 0.3) is 6.43 Å². The predicted molar refractivity (Wildman–Crippen MR) is 46.7 cm³/mol. The second-order valence-electron chi connectivity index (χ2n) is 3.04. The number of methoxy groups -OCH3 is 1. The van der Waals surface area contributed by atoms with Crippen molar-refractivity contribution in [3.8, 4) is 5.88 Å². The van der Waals surface area contributed by atoms with Crippen LogP contribution in [0.4, 0.5) is 22.0 Å². The van der Waals surface area contributed by atoms with E-state index in [1.807, 2.05) is 0 Å². The van der Waals surface area contributed by atoms with E-state index in [1.54, 1.807) is 0 Å². The van der Waals surface area contributed by atoms with Crippen LogP contribution >= 0.6 is 0 Å². The molecular formula is C9H8F5NO2. The molecule has 96 valence electrons. The Kier molecular flexibility index (Phi) is 3.87. The van der Waals surface area contributed by atoms with Crippen LogP contribution in [0.1, 0.15) is 23.2 Å². The standard InChI is InChI=1S/C9H8F5NO2/c1-17-6-2-4(8(10)11)5(3-16)7(15-6)9(12,13)14/h2,8,16H,3H2,1H3. The fourth-order valence-corrected chi connectivity index (χ4v) is 1.27. The molecule has 1 rings (SSSR count). The summed E-state index contributed by atoms with van der Waals surface area (Å²) < 4.78 is 67.1. The first-order valence-corrected chi connectivity index (χ1v) is 4.35. The summed E-state index contributed by atoms with van der Waals surface area (Å²) in [4.78, 5) is 3.04. The van der Waals surface area contributed by atoms with Crippen molar-refractivity contribution in [2.45, 2.75) is 19.2 Å². The topological polar surface area (TPSA) is 42.4 Å². The summed E-state index contributed by atoms with van der Waals surface area (Å²) in [6, 6.07) is 0.672. The Bertz CT molecular complexity index is 405. The third-order valence-corrected chi connectivity index (χ3v) is 2.01. The maximum atomic E-state index is 12.5. The van der Waals surface area contributed by atoms with Gasteiger partial charge in [-0.05, 0) is 0 Å². The molecule has 3 nitrogen and oxygen atoms in total. The quantitative estimate of drug-likeness (QED) is 0.846. The number of hydrogen-bond acceptors (Lipinski definition) is 3. The molecule has 0 atom stereocenters. The average Bonchev–Trinajstić information content (AvgIpc) is 2.25. The van der Waals surface area contributed by atoms with Crippen molar-refractivity contribution < 1.29 is 31.8 Å². The molecule has 8 heteroatoms. The van der Waals surface area contributed by atoms with Crippen LogP contribution < -0.4 is 4.74 Å². The molecule has 0 aromatic carbocycles. The van der Waals surface area contributed by atoms with Gasteiger partial charge in [0.05, 0.1) is 13.7 Å². The number of alkyl halides is 5. The molecule has 0 aliphatic rings. The minimum absolute atomic E-state index is 0.579. The van der Waals surface area contributed by atoms with Gasteiger partial charge in [-0.1, -0.05) is 0 Å². The molecule has 0 unspecified atom stereocenters. The van der Waals surface area contributed by atoms with Crippen LogP contribution in [0.25, 0.3) is 0 Å². The number of aliphatic hydroxyl groups is 1. The van der Waals surface area contributed by atoms with Gasteiger partial charge in [-0.2, -0.15) is 13.2 Å². The number of ether oxygens (including phenoxy) is 1. The van der Waals surface area contributed by atoms with Crippen molar-refractivity contribution in [1.29, 1.82) is 0 Å². The number of hydrogen-bond donors (Lipinski definition) is 1. The maximum absolute atomic E-state index is 12.5. The van der Waals surface area contributed by atoms with Crippen LogP contribution in [-0.2, 0) is 12.8 Å². The Hall–Kier alpha value is -1.44. The number of nitrogens with zero attached hydrogens (tertiary/aromatic N) is 1. The van der Waals surface area contributed by atoms with Crippen molar-refractivity contribution in [2.24, 2.45) is 0 Å². The van der Waals surface area contributed by atoms with E-state index < -0.39 is 41.9 Å². The monoisotopic (exact) mass is 257 g/mol. The fourth-order valence-electron chi connectivity index (χ4n) is 1.27. The van der Waals surface area contributed by atoms with E-state index in [9.17, 15) is 22.0 Å². The molecule has 1 aromatic rings. The lowest BCUT2D eigenvalue weighted by Crippen LogP contribution is -2.15. The van der Waals surface area contributed by atoms with E-state index in [1.165, 1.54) is 0 Å². The lowest BCUT2D eigenvalue weighted by Gasteiger charge is -2.15. The Labute approximate surface area is 92.8 Å². The predicted octanol–water partition coefficient (Wildman–Crippen LogP) is 2.54. The summed E-state index contributed by atoms with van der Waals surface area (Å²) in [7, 11) is 1.01. The Morgan fingerprint density at radius 1 is 1.41 bits per heavy atom. The Morgan fingerprint density at radius 3 is 2.35 bits per heavy atom. The summed E-state index contributed by atoms with van der Waals surface area (Å²) >= 11 is 0. The summed E-state index contributed by atoms with van der Waals surface area (Å²) in [6.07, 6.45) is -8.09. The third-order valence-electron chi connectivity index (χ3n) is 2.01. The summed E-state index contributed by atoms with van der Waals surface area (Å²) in [5, 5.41) is 8.76. The first kappa shape index (κ1) is 13.6. The van der Waals surface area contributed by atoms with Crippen molar-refractivity contribution in [3.05, 3.63) is 22.9 Å². The first-order chi connectivity index (χ1) is 7.81. The van der Waals surface area contributed by atoms with E-state index in [0.29, 0.717) is 6.07 Å². The zero-order valence-electron chi connectivity index (χ0n) is 8.55. The lowest BCUT2D eigenvalue weighted by molar-refractivity contribution is -0.142. The van der Waals surface area contributed by atoms with Crippen molar-refractivity contribution in [1.82, 2.24) is 4.98 Å². The number of halogens is 5. The normalized spacial score (nSPS) is 12.0. The Balaban J connectivity index is 3.51. The molecule has 0 spiro atoms. The van der Waals surface area contributed by atoms with Gasteiger partial charge in [-0.25, -0.2) is 13.8 Å². The van der Waals surface area contributed by atoms with Gasteiger partial charge in [0.15, 0.2) is 5.69 Å². The van der Waals surface area contributed by atoms with Crippen LogP contribution in [0.2, 0.25) is 0 Å². The number of rotatable bonds is 3. The number of aromatic nitrogens is 1. The van der Waals surface area contributed by atoms with E-state index in [2.05, 4.69) is 9.72 Å². The van der Waals surface area contributed by atoms with Gasteiger partial charge < -0.3 is 9.84 Å². The molecule has 0 aliphatic carbocycles. The molecule has 1 aromatic heterocycles. The van der Waals surface area contributed by atoms with Crippen LogP contribution in [0.15, 0.2) is 6.07 Å². The van der Waals surface area contributed by atoms with E-state index in [4.69, 9.17) is 5.11 Å². The Morgan fingerprint density at radius 2 is 2.00 bits per heavy atom. The highest BCUT2D eigenvalue weighted by Crippen LogP contribution is 2.36. The number of aliphatic hydroxyl groups excluding tert-OH is 1. The highest BCUT2D eigenvalue weighted by molar-refractivity contribution is 5.37. The van der Waals surface area contributed by atoms with Crippen molar-refractivity contribution >= 4 is 0 Å². The minimum atomic E-state index is -4.93. The zero-order chi connectivity index (χ0) is 13.2. The molecule has 0 radical (unpaired) electrons. The SMILES string of the molecule is COc1cc(C(F)F)c(CO)c(C(F)(F)F)n1. The van der Waals surface area contributed by atoms with Crippen LogP contribution in [0.5, 0.6) is 5.88 Å². The second-order valence-corrected chi connectivity index (χ2v) is 3.04. The van der Waals surface area contributed by atoms with Gasteiger partial charge in [0.1, 0.15) is 0 Å². The van der Waals surface area contributed by atoms with Crippen molar-refractivity contribution in [2.75, 3.05) is 7.11 Å². The van der Waals surface area contributed by atoms with E-state index in [-0.39, 0.29) is 0 Å². The molecule has 0 aliphatic heterocycles. The van der Waals surface area contributed by atoms with E-state index >= 15 is 0 Å². The van der Waals surface area contributed by atoms with Crippen LogP contribution in [-0.4, -0.2) is 17.2 Å². The smallest absolute Gasteiger partial charge is 0.433 e. The van der Waals surface area contributed by atoms with Crippen LogP contribution in [0.3, 0.4) is 0 Å². The highest BCUT2D eigenvalue weighted by atomic mass is 19.4. The van der Waals surface area contributed by atoms with Gasteiger partial charge in [-0.15, -0.1) is 0 Å². The highest BCUT2D eigenvalue weighted by Gasteiger charge is 2.38. The van der Waals surface area contributed by atoms with Gasteiger partial charge in [0.2, 0.25) is 5.88 Å². The molecule has 0 amide bonds.